The number of hydrogen-bond acceptors (Lipinski definition) is 4. The molecule has 0 fully saturated rings. The van der Waals surface area contributed by atoms with Gasteiger partial charge in [0.1, 0.15) is 5.75 Å². The number of methoxy groups -OCH3 is 1. The van der Waals surface area contributed by atoms with E-state index >= 15 is 0 Å². The molecule has 6 heteroatoms. The maximum Gasteiger partial charge on any atom is 0.305 e. The van der Waals surface area contributed by atoms with Crippen LogP contribution in [0.4, 0.5) is 0 Å². The SMILES string of the molecule is COc1ccc(C(CC(=O)O)N2C(=O)c3ccccc3C2=O)cc1. The minimum atomic E-state index is -1.09. The number of rotatable bonds is 5. The van der Waals surface area contributed by atoms with E-state index in [0.29, 0.717) is 22.4 Å². The van der Waals surface area contributed by atoms with Gasteiger partial charge >= 0.3 is 5.97 Å². The molecule has 1 aliphatic heterocycles. The molecular formula is C18H15NO5. The van der Waals surface area contributed by atoms with Crippen LogP contribution in [0.15, 0.2) is 48.5 Å². The molecule has 2 aromatic carbocycles. The molecular weight excluding hydrogens is 310 g/mol. The van der Waals surface area contributed by atoms with Crippen LogP contribution in [0, 0.1) is 0 Å². The molecule has 3 rings (SSSR count). The van der Waals surface area contributed by atoms with Gasteiger partial charge in [-0.25, -0.2) is 0 Å². The van der Waals surface area contributed by atoms with Gasteiger partial charge in [-0.1, -0.05) is 24.3 Å². The average molecular weight is 325 g/mol. The predicted octanol–water partition coefficient (Wildman–Crippen LogP) is 2.51. The summed E-state index contributed by atoms with van der Waals surface area (Å²) < 4.78 is 5.08. The van der Waals surface area contributed by atoms with Gasteiger partial charge in [0.05, 0.1) is 30.7 Å². The number of amides is 2. The Balaban J connectivity index is 2.02. The number of hydrogen-bond donors (Lipinski definition) is 1. The normalized spacial score (nSPS) is 14.5. The fraction of sp³-hybridized carbons (Fsp3) is 0.167. The van der Waals surface area contributed by atoms with Crippen molar-refractivity contribution in [3.05, 3.63) is 65.2 Å². The molecule has 0 aliphatic carbocycles. The lowest BCUT2D eigenvalue weighted by Crippen LogP contribution is -2.35. The Hall–Kier alpha value is -3.15. The zero-order valence-corrected chi connectivity index (χ0v) is 12.9. The van der Waals surface area contributed by atoms with E-state index in [4.69, 9.17) is 4.74 Å². The molecule has 0 radical (unpaired) electrons. The second kappa shape index (κ2) is 6.16. The van der Waals surface area contributed by atoms with Crippen molar-refractivity contribution in [2.24, 2.45) is 0 Å². The fourth-order valence-electron chi connectivity index (χ4n) is 2.84. The highest BCUT2D eigenvalue weighted by molar-refractivity contribution is 6.21. The maximum absolute atomic E-state index is 12.6. The van der Waals surface area contributed by atoms with Crippen LogP contribution in [0.3, 0.4) is 0 Å². The van der Waals surface area contributed by atoms with Crippen molar-refractivity contribution in [1.82, 2.24) is 4.90 Å². The predicted molar refractivity (Wildman–Crippen MR) is 84.9 cm³/mol. The van der Waals surface area contributed by atoms with Crippen molar-refractivity contribution in [1.29, 1.82) is 0 Å². The molecule has 1 aliphatic rings. The lowest BCUT2D eigenvalue weighted by Gasteiger charge is -2.25. The Bertz CT molecular complexity index is 777. The van der Waals surface area contributed by atoms with Crippen LogP contribution in [0.25, 0.3) is 0 Å². The van der Waals surface area contributed by atoms with E-state index in [-0.39, 0.29) is 6.42 Å². The van der Waals surface area contributed by atoms with Crippen molar-refractivity contribution < 1.29 is 24.2 Å². The molecule has 0 spiro atoms. The summed E-state index contributed by atoms with van der Waals surface area (Å²) in [4.78, 5) is 37.5. The highest BCUT2D eigenvalue weighted by atomic mass is 16.5. The molecule has 0 bridgehead atoms. The number of fused-ring (bicyclic) bond motifs is 1. The Labute approximate surface area is 138 Å². The van der Waals surface area contributed by atoms with Gasteiger partial charge in [-0.2, -0.15) is 0 Å². The molecule has 0 saturated carbocycles. The minimum absolute atomic E-state index is 0.298. The van der Waals surface area contributed by atoms with Gasteiger partial charge in [-0.05, 0) is 29.8 Å². The molecule has 2 aromatic rings. The first-order chi connectivity index (χ1) is 11.5. The standard InChI is InChI=1S/C18H15NO5/c1-24-12-8-6-11(7-9-12)15(10-16(20)21)19-17(22)13-4-2-3-5-14(13)18(19)23/h2-9,15H,10H2,1H3,(H,20,21). The van der Waals surface area contributed by atoms with Crippen LogP contribution >= 0.6 is 0 Å². The van der Waals surface area contributed by atoms with Crippen LogP contribution < -0.4 is 4.74 Å². The molecule has 0 aromatic heterocycles. The van der Waals surface area contributed by atoms with Crippen molar-refractivity contribution in [3.8, 4) is 5.75 Å². The number of benzene rings is 2. The first kappa shape index (κ1) is 15.7. The third-order valence-corrected chi connectivity index (χ3v) is 4.01. The number of carbonyl (C=O) groups is 3. The first-order valence-corrected chi connectivity index (χ1v) is 7.35. The molecule has 1 heterocycles. The van der Waals surface area contributed by atoms with Crippen LogP contribution in [0.5, 0.6) is 5.75 Å². The highest BCUT2D eigenvalue weighted by Gasteiger charge is 2.41. The second-order valence-corrected chi connectivity index (χ2v) is 5.41. The second-order valence-electron chi connectivity index (χ2n) is 5.41. The van der Waals surface area contributed by atoms with Crippen molar-refractivity contribution in [3.63, 3.8) is 0 Å². The van der Waals surface area contributed by atoms with Crippen molar-refractivity contribution >= 4 is 17.8 Å². The highest BCUT2D eigenvalue weighted by Crippen LogP contribution is 2.34. The van der Waals surface area contributed by atoms with E-state index in [1.165, 1.54) is 7.11 Å². The van der Waals surface area contributed by atoms with Crippen LogP contribution in [-0.2, 0) is 4.79 Å². The molecule has 24 heavy (non-hydrogen) atoms. The average Bonchev–Trinajstić information content (AvgIpc) is 2.84. The lowest BCUT2D eigenvalue weighted by atomic mass is 10.0. The summed E-state index contributed by atoms with van der Waals surface area (Å²) in [5.41, 5.74) is 1.16. The van der Waals surface area contributed by atoms with Gasteiger partial charge in [0.15, 0.2) is 0 Å². The largest absolute Gasteiger partial charge is 0.497 e. The van der Waals surface area contributed by atoms with Gasteiger partial charge in [0.2, 0.25) is 0 Å². The number of ether oxygens (including phenoxy) is 1. The number of carbonyl (C=O) groups excluding carboxylic acids is 2. The molecule has 1 N–H and O–H groups in total. The van der Waals surface area contributed by atoms with E-state index < -0.39 is 23.8 Å². The third kappa shape index (κ3) is 2.62. The first-order valence-electron chi connectivity index (χ1n) is 7.35. The van der Waals surface area contributed by atoms with Gasteiger partial charge < -0.3 is 9.84 Å². The third-order valence-electron chi connectivity index (χ3n) is 4.01. The number of carboxylic acids is 1. The maximum atomic E-state index is 12.6. The summed E-state index contributed by atoms with van der Waals surface area (Å²) in [6.45, 7) is 0. The quantitative estimate of drug-likeness (QED) is 0.854. The van der Waals surface area contributed by atoms with E-state index in [0.717, 1.165) is 4.90 Å². The van der Waals surface area contributed by atoms with Crippen molar-refractivity contribution in [2.75, 3.05) is 7.11 Å². The minimum Gasteiger partial charge on any atom is -0.497 e. The van der Waals surface area contributed by atoms with Crippen molar-refractivity contribution in [2.45, 2.75) is 12.5 Å². The van der Waals surface area contributed by atoms with Crippen LogP contribution in [0.1, 0.15) is 38.7 Å². The summed E-state index contributed by atoms with van der Waals surface area (Å²) in [7, 11) is 1.52. The van der Waals surface area contributed by atoms with E-state index in [2.05, 4.69) is 0 Å². The smallest absolute Gasteiger partial charge is 0.305 e. The number of carboxylic acid groups (broad SMARTS) is 1. The topological polar surface area (TPSA) is 83.9 Å². The monoisotopic (exact) mass is 325 g/mol. The summed E-state index contributed by atoms with van der Waals surface area (Å²) in [5.74, 6) is -1.43. The summed E-state index contributed by atoms with van der Waals surface area (Å²) in [5, 5.41) is 9.22. The molecule has 6 nitrogen and oxygen atoms in total. The van der Waals surface area contributed by atoms with Crippen LogP contribution in [0.2, 0.25) is 0 Å². The van der Waals surface area contributed by atoms with E-state index in [9.17, 15) is 19.5 Å². The zero-order valence-electron chi connectivity index (χ0n) is 12.9. The Morgan fingerprint density at radius 1 is 1.04 bits per heavy atom. The molecule has 1 atom stereocenters. The zero-order chi connectivity index (χ0) is 17.3. The number of nitrogens with zero attached hydrogens (tertiary/aromatic N) is 1. The van der Waals surface area contributed by atoms with E-state index in [1.807, 2.05) is 0 Å². The molecule has 1 unspecified atom stereocenters. The van der Waals surface area contributed by atoms with Gasteiger partial charge in [-0.3, -0.25) is 19.3 Å². The van der Waals surface area contributed by atoms with E-state index in [1.54, 1.807) is 48.5 Å². The lowest BCUT2D eigenvalue weighted by molar-refractivity contribution is -0.138. The fourth-order valence-corrected chi connectivity index (χ4v) is 2.84. The Morgan fingerprint density at radius 3 is 2.04 bits per heavy atom. The van der Waals surface area contributed by atoms with Gasteiger partial charge in [0, 0.05) is 0 Å². The molecule has 2 amide bonds. The molecule has 0 saturated heterocycles. The van der Waals surface area contributed by atoms with Gasteiger partial charge in [-0.15, -0.1) is 0 Å². The summed E-state index contributed by atoms with van der Waals surface area (Å²) >= 11 is 0. The Morgan fingerprint density at radius 2 is 1.58 bits per heavy atom. The van der Waals surface area contributed by atoms with Gasteiger partial charge in [0.25, 0.3) is 11.8 Å². The Kier molecular flexibility index (Phi) is 4.04. The summed E-state index contributed by atoms with van der Waals surface area (Å²) in [6, 6.07) is 12.3. The number of aliphatic carboxylic acids is 1. The number of imide groups is 1. The summed E-state index contributed by atoms with van der Waals surface area (Å²) in [6.07, 6.45) is -0.363. The molecule has 122 valence electrons. The van der Waals surface area contributed by atoms with Crippen LogP contribution in [-0.4, -0.2) is 34.9 Å².